The van der Waals surface area contributed by atoms with E-state index in [0.29, 0.717) is 0 Å². The molecule has 0 radical (unpaired) electrons. The van der Waals surface area contributed by atoms with Gasteiger partial charge in [-0.1, -0.05) is 0 Å². The third-order valence-corrected chi connectivity index (χ3v) is 2.27. The van der Waals surface area contributed by atoms with Crippen LogP contribution in [0.5, 0.6) is 5.88 Å². The molecule has 0 N–H and O–H groups in total. The Morgan fingerprint density at radius 2 is 2.12 bits per heavy atom. The lowest BCUT2D eigenvalue weighted by Crippen LogP contribution is -2.19. The number of hydrogen-bond acceptors (Lipinski definition) is 5. The number of aromatic nitrogens is 1. The molecular formula is C7H2F3IN2O4. The van der Waals surface area contributed by atoms with Gasteiger partial charge in [0, 0.05) is 0 Å². The lowest BCUT2D eigenvalue weighted by Gasteiger charge is -2.09. The molecule has 1 heterocycles. The van der Waals surface area contributed by atoms with Crippen molar-refractivity contribution in [2.45, 2.75) is 6.36 Å². The summed E-state index contributed by atoms with van der Waals surface area (Å²) in [5.74, 6) is -1.25. The average Bonchev–Trinajstić information content (AvgIpc) is 2.13. The van der Waals surface area contributed by atoms with E-state index in [4.69, 9.17) is 0 Å². The summed E-state index contributed by atoms with van der Waals surface area (Å²) in [6, 6.07) is 0.981. The minimum atomic E-state index is -5.12. The van der Waals surface area contributed by atoms with Crippen LogP contribution < -0.4 is 4.74 Å². The van der Waals surface area contributed by atoms with Crippen molar-refractivity contribution >= 4 is 34.6 Å². The van der Waals surface area contributed by atoms with Crippen molar-refractivity contribution in [1.29, 1.82) is 0 Å². The number of alkyl halides is 3. The van der Waals surface area contributed by atoms with E-state index >= 15 is 0 Å². The molecule has 0 unspecified atom stereocenters. The second-order valence-corrected chi connectivity index (χ2v) is 3.77. The largest absolute Gasteiger partial charge is 0.574 e. The first-order valence-corrected chi connectivity index (χ1v) is 4.88. The molecule has 1 aromatic heterocycles. The monoisotopic (exact) mass is 362 g/mol. The van der Waals surface area contributed by atoms with Crippen molar-refractivity contribution in [3.8, 4) is 5.88 Å². The van der Waals surface area contributed by atoms with Gasteiger partial charge in [0.1, 0.15) is 5.69 Å². The van der Waals surface area contributed by atoms with Crippen molar-refractivity contribution < 1.29 is 27.6 Å². The Balaban J connectivity index is 3.37. The molecule has 0 aromatic carbocycles. The van der Waals surface area contributed by atoms with Gasteiger partial charge in [-0.05, 0) is 28.7 Å². The van der Waals surface area contributed by atoms with Crippen LogP contribution in [0.4, 0.5) is 18.9 Å². The van der Waals surface area contributed by atoms with Crippen LogP contribution in [-0.2, 0) is 0 Å². The quantitative estimate of drug-likeness (QED) is 0.357. The van der Waals surface area contributed by atoms with E-state index in [0.717, 1.165) is 6.07 Å². The van der Waals surface area contributed by atoms with Crippen LogP contribution in [0.15, 0.2) is 6.07 Å². The minimum Gasteiger partial charge on any atom is -0.381 e. The third-order valence-electron chi connectivity index (χ3n) is 1.45. The SMILES string of the molecule is O=Cc1cc(I)c([N+](=O)[O-])c(OC(F)(F)F)n1. The molecule has 17 heavy (non-hydrogen) atoms. The van der Waals surface area contributed by atoms with E-state index in [9.17, 15) is 28.1 Å². The van der Waals surface area contributed by atoms with Crippen LogP contribution in [0.1, 0.15) is 10.5 Å². The van der Waals surface area contributed by atoms with Crippen LogP contribution in [0.25, 0.3) is 0 Å². The first kappa shape index (κ1) is 13.6. The Labute approximate surface area is 105 Å². The standard InChI is InChI=1S/C7H2F3IN2O4/c8-7(9,10)17-6-5(13(15)16)4(11)1-3(2-14)12-6/h1-2H. The van der Waals surface area contributed by atoms with E-state index < -0.39 is 22.9 Å². The summed E-state index contributed by atoms with van der Waals surface area (Å²) in [7, 11) is 0. The normalized spacial score (nSPS) is 11.1. The molecule has 0 fully saturated rings. The highest BCUT2D eigenvalue weighted by atomic mass is 127. The molecule has 0 aliphatic heterocycles. The van der Waals surface area contributed by atoms with Gasteiger partial charge in [0.15, 0.2) is 6.29 Å². The average molecular weight is 362 g/mol. The molecular weight excluding hydrogens is 360 g/mol. The number of nitro groups is 1. The van der Waals surface area contributed by atoms with Gasteiger partial charge in [0.25, 0.3) is 0 Å². The predicted molar refractivity (Wildman–Crippen MR) is 55.7 cm³/mol. The zero-order chi connectivity index (χ0) is 13.2. The van der Waals surface area contributed by atoms with Crippen molar-refractivity contribution in [1.82, 2.24) is 4.98 Å². The Bertz CT molecular complexity index is 477. The molecule has 10 heteroatoms. The van der Waals surface area contributed by atoms with Crippen molar-refractivity contribution in [2.75, 3.05) is 0 Å². The molecule has 0 spiro atoms. The first-order chi connectivity index (χ1) is 7.74. The summed E-state index contributed by atoms with van der Waals surface area (Å²) in [4.78, 5) is 23.0. The Kier molecular flexibility index (Phi) is 3.85. The number of carbonyl (C=O) groups is 1. The second kappa shape index (κ2) is 4.81. The zero-order valence-corrected chi connectivity index (χ0v) is 9.85. The summed E-state index contributed by atoms with van der Waals surface area (Å²) >= 11 is 1.41. The van der Waals surface area contributed by atoms with Crippen molar-refractivity contribution in [3.05, 3.63) is 25.4 Å². The van der Waals surface area contributed by atoms with Gasteiger partial charge in [-0.25, -0.2) is 4.98 Å². The smallest absolute Gasteiger partial charge is 0.381 e. The number of hydrogen-bond donors (Lipinski definition) is 0. The van der Waals surface area contributed by atoms with Gasteiger partial charge in [-0.15, -0.1) is 13.2 Å². The maximum absolute atomic E-state index is 12.0. The van der Waals surface area contributed by atoms with Gasteiger partial charge >= 0.3 is 17.9 Å². The van der Waals surface area contributed by atoms with Gasteiger partial charge in [-0.2, -0.15) is 0 Å². The summed E-state index contributed by atoms with van der Waals surface area (Å²) in [5.41, 5.74) is -1.33. The minimum absolute atomic E-state index is 0.162. The highest BCUT2D eigenvalue weighted by Gasteiger charge is 2.36. The highest BCUT2D eigenvalue weighted by molar-refractivity contribution is 14.1. The molecule has 0 saturated heterocycles. The van der Waals surface area contributed by atoms with E-state index in [1.54, 1.807) is 0 Å². The van der Waals surface area contributed by atoms with Crippen molar-refractivity contribution in [2.24, 2.45) is 0 Å². The Hall–Kier alpha value is -1.46. The fourth-order valence-electron chi connectivity index (χ4n) is 0.909. The molecule has 6 nitrogen and oxygen atoms in total. The number of rotatable bonds is 3. The third kappa shape index (κ3) is 3.51. The summed E-state index contributed by atoms with van der Waals surface area (Å²) in [6.07, 6.45) is -4.96. The fraction of sp³-hybridized carbons (Fsp3) is 0.143. The summed E-state index contributed by atoms with van der Waals surface area (Å²) in [6.45, 7) is 0. The fourth-order valence-corrected chi connectivity index (χ4v) is 1.66. The van der Waals surface area contributed by atoms with E-state index in [2.05, 4.69) is 9.72 Å². The van der Waals surface area contributed by atoms with E-state index in [-0.39, 0.29) is 15.6 Å². The summed E-state index contributed by atoms with van der Waals surface area (Å²) < 4.78 is 39.2. The Morgan fingerprint density at radius 1 is 1.53 bits per heavy atom. The van der Waals surface area contributed by atoms with Gasteiger partial charge in [0.2, 0.25) is 0 Å². The highest BCUT2D eigenvalue weighted by Crippen LogP contribution is 2.34. The van der Waals surface area contributed by atoms with E-state index in [1.807, 2.05) is 0 Å². The molecule has 0 aliphatic rings. The number of halogens is 4. The first-order valence-electron chi connectivity index (χ1n) is 3.80. The van der Waals surface area contributed by atoms with Crippen LogP contribution in [0.2, 0.25) is 0 Å². The molecule has 1 aromatic rings. The van der Waals surface area contributed by atoms with Crippen LogP contribution in [0, 0.1) is 13.7 Å². The zero-order valence-electron chi connectivity index (χ0n) is 7.69. The van der Waals surface area contributed by atoms with Crippen LogP contribution in [0.3, 0.4) is 0 Å². The van der Waals surface area contributed by atoms with Gasteiger partial charge in [-0.3, -0.25) is 14.9 Å². The maximum Gasteiger partial charge on any atom is 0.574 e. The van der Waals surface area contributed by atoms with Crippen LogP contribution >= 0.6 is 22.6 Å². The topological polar surface area (TPSA) is 82.3 Å². The lowest BCUT2D eigenvalue weighted by atomic mass is 10.3. The number of carbonyl (C=O) groups excluding carboxylic acids is 1. The Morgan fingerprint density at radius 3 is 2.53 bits per heavy atom. The second-order valence-electron chi connectivity index (χ2n) is 2.61. The number of ether oxygens (including phenoxy) is 1. The number of aldehydes is 1. The molecule has 0 saturated carbocycles. The summed E-state index contributed by atoms with van der Waals surface area (Å²) in [5, 5.41) is 10.6. The molecule has 0 bridgehead atoms. The number of nitrogens with zero attached hydrogens (tertiary/aromatic N) is 2. The van der Waals surface area contributed by atoms with E-state index in [1.165, 1.54) is 22.6 Å². The number of pyridine rings is 1. The molecule has 0 atom stereocenters. The van der Waals surface area contributed by atoms with Crippen molar-refractivity contribution in [3.63, 3.8) is 0 Å². The molecule has 0 amide bonds. The predicted octanol–water partition coefficient (Wildman–Crippen LogP) is 2.31. The molecule has 1 rings (SSSR count). The molecule has 0 aliphatic carbocycles. The van der Waals surface area contributed by atoms with Crippen LogP contribution in [-0.4, -0.2) is 22.6 Å². The lowest BCUT2D eigenvalue weighted by molar-refractivity contribution is -0.390. The van der Waals surface area contributed by atoms with Gasteiger partial charge in [0.05, 0.1) is 8.49 Å². The molecule has 92 valence electrons. The maximum atomic E-state index is 12.0. The van der Waals surface area contributed by atoms with Gasteiger partial charge < -0.3 is 4.74 Å².